The monoisotopic (exact) mass is 152 g/mol. The van der Waals surface area contributed by atoms with Crippen LogP contribution >= 0.6 is 0 Å². The van der Waals surface area contributed by atoms with Crippen molar-refractivity contribution < 1.29 is 4.79 Å². The zero-order valence-corrected chi connectivity index (χ0v) is 6.75. The number of ketones is 1. The number of hydrogen-bond donors (Lipinski definition) is 0. The Hall–Kier alpha value is -0.330. The Labute approximate surface area is 67.2 Å². The number of carbonyl (C=O) groups excluding carboxylic acids is 1. The van der Waals surface area contributed by atoms with Crippen LogP contribution in [0.2, 0.25) is 0 Å². The van der Waals surface area contributed by atoms with E-state index in [1.807, 2.05) is 0 Å². The third-order valence-corrected chi connectivity index (χ3v) is 4.00. The van der Waals surface area contributed by atoms with Gasteiger partial charge in [-0.05, 0) is 43.4 Å². The van der Waals surface area contributed by atoms with E-state index in [9.17, 15) is 4.79 Å². The standard InChI is InChI=1S/C10H14O/c11-10-5-7-1-6-2-8(3-7)9(10)4-6/h6-9H,1-5H2/t6-,7+,8-,9+/m1/s1/i11+2. The Morgan fingerprint density at radius 1 is 1.00 bits per heavy atom. The summed E-state index contributed by atoms with van der Waals surface area (Å²) in [5.74, 6) is 3.67. The highest BCUT2D eigenvalue weighted by atomic mass is 18.1. The molecule has 1 nitrogen and oxygen atoms in total. The Balaban J connectivity index is 2.00. The van der Waals surface area contributed by atoms with Gasteiger partial charge in [0.1, 0.15) is 5.78 Å². The summed E-state index contributed by atoms with van der Waals surface area (Å²) in [5.41, 5.74) is 0. The molecule has 3 aliphatic carbocycles. The van der Waals surface area contributed by atoms with Gasteiger partial charge in [0, 0.05) is 12.3 Å². The molecule has 0 unspecified atom stereocenters. The van der Waals surface area contributed by atoms with Crippen molar-refractivity contribution >= 4 is 5.78 Å². The summed E-state index contributed by atoms with van der Waals surface area (Å²) in [6.45, 7) is 0. The zero-order chi connectivity index (χ0) is 7.42. The van der Waals surface area contributed by atoms with Crippen LogP contribution in [0.3, 0.4) is 0 Å². The average Bonchev–Trinajstić information content (AvgIpc) is 2.19. The third kappa shape index (κ3) is 0.743. The molecular formula is C10H14O. The fourth-order valence-electron chi connectivity index (χ4n) is 3.69. The second kappa shape index (κ2) is 1.88. The van der Waals surface area contributed by atoms with E-state index in [2.05, 4.69) is 0 Å². The Morgan fingerprint density at radius 2 is 1.82 bits per heavy atom. The van der Waals surface area contributed by atoms with Crippen LogP contribution < -0.4 is 0 Å². The van der Waals surface area contributed by atoms with E-state index in [1.54, 1.807) is 0 Å². The van der Waals surface area contributed by atoms with Gasteiger partial charge >= 0.3 is 0 Å². The second-order valence-electron chi connectivity index (χ2n) is 4.71. The van der Waals surface area contributed by atoms with Crippen LogP contribution in [0.5, 0.6) is 0 Å². The molecule has 3 fully saturated rings. The first-order valence-electron chi connectivity index (χ1n) is 4.85. The van der Waals surface area contributed by atoms with Gasteiger partial charge in [-0.2, -0.15) is 0 Å². The Morgan fingerprint density at radius 3 is 2.73 bits per heavy atom. The van der Waals surface area contributed by atoms with Gasteiger partial charge in [-0.25, -0.2) is 0 Å². The van der Waals surface area contributed by atoms with Crippen LogP contribution in [0.4, 0.5) is 0 Å². The lowest BCUT2D eigenvalue weighted by Gasteiger charge is -2.32. The predicted octanol–water partition coefficient (Wildman–Crippen LogP) is 2.01. The minimum absolute atomic E-state index is 0.513. The quantitative estimate of drug-likeness (QED) is 0.485. The summed E-state index contributed by atoms with van der Waals surface area (Å²) in [4.78, 5) is 11.5. The van der Waals surface area contributed by atoms with Crippen molar-refractivity contribution in [2.24, 2.45) is 23.7 Å². The first kappa shape index (κ1) is 6.22. The van der Waals surface area contributed by atoms with Crippen molar-refractivity contribution in [3.63, 3.8) is 0 Å². The molecule has 0 radical (unpaired) electrons. The Kier molecular flexibility index (Phi) is 1.06. The highest BCUT2D eigenvalue weighted by Gasteiger charge is 2.48. The highest BCUT2D eigenvalue weighted by Crippen LogP contribution is 2.53. The van der Waals surface area contributed by atoms with Crippen LogP contribution in [0.15, 0.2) is 0 Å². The molecule has 0 spiro atoms. The van der Waals surface area contributed by atoms with Crippen LogP contribution in [-0.2, 0) is 4.79 Å². The van der Waals surface area contributed by atoms with E-state index in [0.29, 0.717) is 11.7 Å². The molecule has 0 aliphatic heterocycles. The van der Waals surface area contributed by atoms with Gasteiger partial charge in [0.05, 0.1) is 0 Å². The molecule has 0 saturated heterocycles. The molecule has 3 bridgehead atoms. The maximum Gasteiger partial charge on any atom is 0.136 e. The predicted molar refractivity (Wildman–Crippen MR) is 42.1 cm³/mol. The second-order valence-corrected chi connectivity index (χ2v) is 4.71. The number of hydrogen-bond acceptors (Lipinski definition) is 1. The fraction of sp³-hybridized carbons (Fsp3) is 0.900. The van der Waals surface area contributed by atoms with Crippen molar-refractivity contribution in [3.8, 4) is 0 Å². The first-order valence-corrected chi connectivity index (χ1v) is 4.85. The number of fused-ring (bicyclic) bond motifs is 2. The van der Waals surface area contributed by atoms with Gasteiger partial charge < -0.3 is 0 Å². The van der Waals surface area contributed by atoms with E-state index in [-0.39, 0.29) is 0 Å². The van der Waals surface area contributed by atoms with Crippen molar-refractivity contribution in [1.82, 2.24) is 0 Å². The fourth-order valence-corrected chi connectivity index (χ4v) is 3.69. The topological polar surface area (TPSA) is 17.1 Å². The highest BCUT2D eigenvalue weighted by molar-refractivity contribution is 5.83. The lowest BCUT2D eigenvalue weighted by Crippen LogP contribution is -2.30. The smallest absolute Gasteiger partial charge is 0.136 e. The van der Waals surface area contributed by atoms with E-state index in [4.69, 9.17) is 0 Å². The van der Waals surface area contributed by atoms with Gasteiger partial charge in [-0.15, -0.1) is 0 Å². The number of Topliss-reactive ketones (excluding diaryl/α,β-unsaturated/α-hetero) is 1. The van der Waals surface area contributed by atoms with Crippen molar-refractivity contribution in [1.29, 1.82) is 0 Å². The van der Waals surface area contributed by atoms with E-state index in [1.165, 1.54) is 25.7 Å². The minimum Gasteiger partial charge on any atom is -0.299 e. The maximum atomic E-state index is 11.5. The molecule has 11 heavy (non-hydrogen) atoms. The molecule has 0 heterocycles. The van der Waals surface area contributed by atoms with E-state index in [0.717, 1.165) is 24.2 Å². The van der Waals surface area contributed by atoms with Crippen LogP contribution in [0.25, 0.3) is 0 Å². The van der Waals surface area contributed by atoms with E-state index >= 15 is 0 Å². The largest absolute Gasteiger partial charge is 0.299 e. The third-order valence-electron chi connectivity index (χ3n) is 4.00. The Bertz CT molecular complexity index is 207. The molecule has 0 amide bonds. The first-order chi connectivity index (χ1) is 5.33. The van der Waals surface area contributed by atoms with Gasteiger partial charge in [-0.1, -0.05) is 0 Å². The molecule has 4 atom stereocenters. The summed E-state index contributed by atoms with van der Waals surface area (Å²) >= 11 is 0. The number of carbonyl (C=O) groups is 1. The summed E-state index contributed by atoms with van der Waals surface area (Å²) in [6.07, 6.45) is 6.32. The molecule has 3 saturated carbocycles. The van der Waals surface area contributed by atoms with Crippen LogP contribution in [-0.4, -0.2) is 5.78 Å². The minimum atomic E-state index is 0.513. The molecular weight excluding hydrogens is 138 g/mol. The molecule has 0 aromatic heterocycles. The summed E-state index contributed by atoms with van der Waals surface area (Å²) in [5, 5.41) is 0. The van der Waals surface area contributed by atoms with Gasteiger partial charge in [-0.3, -0.25) is 4.79 Å². The summed E-state index contributed by atoms with van der Waals surface area (Å²) < 4.78 is 0. The molecule has 3 rings (SSSR count). The summed E-state index contributed by atoms with van der Waals surface area (Å²) in [7, 11) is 0. The number of rotatable bonds is 0. The molecule has 0 aromatic carbocycles. The van der Waals surface area contributed by atoms with Gasteiger partial charge in [0.15, 0.2) is 0 Å². The van der Waals surface area contributed by atoms with Crippen molar-refractivity contribution in [3.05, 3.63) is 0 Å². The lowest BCUT2D eigenvalue weighted by molar-refractivity contribution is -0.127. The van der Waals surface area contributed by atoms with Crippen molar-refractivity contribution in [2.45, 2.75) is 32.1 Å². The maximum absolute atomic E-state index is 11.5. The van der Waals surface area contributed by atoms with Gasteiger partial charge in [0.2, 0.25) is 0 Å². The van der Waals surface area contributed by atoms with Gasteiger partial charge in [0.25, 0.3) is 0 Å². The van der Waals surface area contributed by atoms with Crippen LogP contribution in [0, 0.1) is 23.7 Å². The van der Waals surface area contributed by atoms with E-state index < -0.39 is 0 Å². The molecule has 0 N–H and O–H groups in total. The SMILES string of the molecule is [18O]=C1C[C@H]2C[C@@H]3C[C@H](C2)[C@@H]1C3. The molecule has 3 aliphatic rings. The average molecular weight is 152 g/mol. The molecule has 60 valence electrons. The van der Waals surface area contributed by atoms with Crippen molar-refractivity contribution in [2.75, 3.05) is 0 Å². The molecule has 0 aromatic rings. The van der Waals surface area contributed by atoms with Crippen LogP contribution in [0.1, 0.15) is 32.1 Å². The molecule has 1 heteroatoms. The zero-order valence-electron chi connectivity index (χ0n) is 6.75. The normalized spacial score (nSPS) is 53.6. The lowest BCUT2D eigenvalue weighted by atomic mass is 9.72. The summed E-state index contributed by atoms with van der Waals surface area (Å²) in [6, 6.07) is 0.